The number of piperidine rings is 1. The second-order valence-electron chi connectivity index (χ2n) is 6.80. The lowest BCUT2D eigenvalue weighted by Gasteiger charge is -2.38. The number of carbonyl (C=O) groups is 1. The third-order valence-corrected chi connectivity index (χ3v) is 6.13. The summed E-state index contributed by atoms with van der Waals surface area (Å²) >= 11 is 1.45. The molecule has 25 heavy (non-hydrogen) atoms. The number of nitrogens with zero attached hydrogens (tertiary/aromatic N) is 4. The minimum absolute atomic E-state index is 0.0132. The van der Waals surface area contributed by atoms with Gasteiger partial charge in [0.25, 0.3) is 0 Å². The molecule has 1 saturated heterocycles. The van der Waals surface area contributed by atoms with Gasteiger partial charge in [-0.3, -0.25) is 19.7 Å². The molecule has 132 valence electrons. The molecule has 0 aromatic carbocycles. The largest absolute Gasteiger partial charge is 0.301 e. The minimum atomic E-state index is -0.0132. The lowest BCUT2D eigenvalue weighted by molar-refractivity contribution is -0.123. The van der Waals surface area contributed by atoms with E-state index in [1.165, 1.54) is 43.4 Å². The van der Waals surface area contributed by atoms with E-state index in [1.807, 2.05) is 0 Å². The second kappa shape index (κ2) is 7.58. The van der Waals surface area contributed by atoms with Gasteiger partial charge in [-0.05, 0) is 32.2 Å². The minimum Gasteiger partial charge on any atom is -0.301 e. The van der Waals surface area contributed by atoms with Crippen LogP contribution in [-0.2, 0) is 4.79 Å². The molecule has 2 fully saturated rings. The zero-order valence-corrected chi connectivity index (χ0v) is 15.0. The number of hydrogen-bond donors (Lipinski definition) is 1. The van der Waals surface area contributed by atoms with E-state index in [0.29, 0.717) is 11.2 Å². The van der Waals surface area contributed by atoms with E-state index in [4.69, 9.17) is 0 Å². The molecular weight excluding hydrogens is 334 g/mol. The van der Waals surface area contributed by atoms with E-state index in [2.05, 4.69) is 25.2 Å². The number of anilines is 1. The molecule has 1 saturated carbocycles. The first kappa shape index (κ1) is 16.6. The van der Waals surface area contributed by atoms with Crippen molar-refractivity contribution in [3.05, 3.63) is 24.8 Å². The summed E-state index contributed by atoms with van der Waals surface area (Å²) in [6.07, 6.45) is 15.1. The highest BCUT2D eigenvalue weighted by Gasteiger charge is 2.34. The van der Waals surface area contributed by atoms with Crippen LogP contribution in [0.1, 0.15) is 44.9 Å². The fraction of sp³-hybridized carbons (Fsp3) is 0.556. The van der Waals surface area contributed by atoms with Crippen molar-refractivity contribution >= 4 is 22.4 Å². The fourth-order valence-electron chi connectivity index (χ4n) is 3.97. The Morgan fingerprint density at radius 1 is 1.08 bits per heavy atom. The summed E-state index contributed by atoms with van der Waals surface area (Å²) in [6.45, 7) is 1.05. The highest BCUT2D eigenvalue weighted by atomic mass is 32.1. The molecule has 2 aromatic heterocycles. The molecule has 7 heteroatoms. The monoisotopic (exact) mass is 357 g/mol. The fourth-order valence-corrected chi connectivity index (χ4v) is 4.75. The average Bonchev–Trinajstić information content (AvgIpc) is 3.34. The molecule has 2 aromatic rings. The standard InChI is InChI=1S/C18H23N5OS/c24-17(15-7-3-4-10-23(15)13-5-1-2-6-13)22-18-21-12-16(25-18)14-11-19-8-9-20-14/h8-9,11-13,15H,1-7,10H2,(H,21,22,24). The first-order chi connectivity index (χ1) is 12.3. The van der Waals surface area contributed by atoms with Crippen LogP contribution in [0.4, 0.5) is 5.13 Å². The number of likely N-dealkylation sites (tertiary alicyclic amines) is 1. The molecule has 1 amide bonds. The number of nitrogens with one attached hydrogen (secondary N) is 1. The third-order valence-electron chi connectivity index (χ3n) is 5.19. The Bertz CT molecular complexity index is 713. The van der Waals surface area contributed by atoms with Crippen molar-refractivity contribution in [2.75, 3.05) is 11.9 Å². The van der Waals surface area contributed by atoms with Gasteiger partial charge < -0.3 is 5.32 Å². The summed E-state index contributed by atoms with van der Waals surface area (Å²) in [4.78, 5) is 28.9. The Morgan fingerprint density at radius 2 is 1.92 bits per heavy atom. The topological polar surface area (TPSA) is 71.0 Å². The summed E-state index contributed by atoms with van der Waals surface area (Å²) in [7, 11) is 0. The molecule has 1 aliphatic heterocycles. The summed E-state index contributed by atoms with van der Waals surface area (Å²) < 4.78 is 0. The molecule has 4 rings (SSSR count). The van der Waals surface area contributed by atoms with E-state index < -0.39 is 0 Å². The van der Waals surface area contributed by atoms with E-state index >= 15 is 0 Å². The van der Waals surface area contributed by atoms with Crippen LogP contribution in [0, 0.1) is 0 Å². The highest BCUT2D eigenvalue weighted by Crippen LogP contribution is 2.31. The Balaban J connectivity index is 1.44. The maximum Gasteiger partial charge on any atom is 0.243 e. The van der Waals surface area contributed by atoms with Crippen molar-refractivity contribution in [1.82, 2.24) is 19.9 Å². The van der Waals surface area contributed by atoms with Crippen molar-refractivity contribution in [3.63, 3.8) is 0 Å². The van der Waals surface area contributed by atoms with Crippen LogP contribution in [-0.4, -0.2) is 44.4 Å². The van der Waals surface area contributed by atoms with Crippen molar-refractivity contribution in [1.29, 1.82) is 0 Å². The lowest BCUT2D eigenvalue weighted by Crippen LogP contribution is -2.51. The van der Waals surface area contributed by atoms with Crippen LogP contribution in [0.5, 0.6) is 0 Å². The maximum absolute atomic E-state index is 12.9. The molecular formula is C18H23N5OS. The molecule has 1 N–H and O–H groups in total. The summed E-state index contributed by atoms with van der Waals surface area (Å²) in [5, 5.41) is 3.68. The van der Waals surface area contributed by atoms with Gasteiger partial charge in [0.15, 0.2) is 5.13 Å². The smallest absolute Gasteiger partial charge is 0.243 e. The zero-order valence-electron chi connectivity index (χ0n) is 14.2. The van der Waals surface area contributed by atoms with Gasteiger partial charge in [-0.1, -0.05) is 30.6 Å². The van der Waals surface area contributed by atoms with Crippen LogP contribution in [0.3, 0.4) is 0 Å². The lowest BCUT2D eigenvalue weighted by atomic mass is 9.98. The molecule has 0 radical (unpaired) electrons. The Hall–Kier alpha value is -1.86. The molecule has 2 aliphatic rings. The van der Waals surface area contributed by atoms with E-state index in [1.54, 1.807) is 24.8 Å². The first-order valence-electron chi connectivity index (χ1n) is 9.10. The van der Waals surface area contributed by atoms with Gasteiger partial charge in [0.1, 0.15) is 5.69 Å². The van der Waals surface area contributed by atoms with Gasteiger partial charge in [-0.15, -0.1) is 0 Å². The number of rotatable bonds is 4. The summed E-state index contributed by atoms with van der Waals surface area (Å²) in [5.41, 5.74) is 0.783. The van der Waals surface area contributed by atoms with Crippen LogP contribution in [0.2, 0.25) is 0 Å². The second-order valence-corrected chi connectivity index (χ2v) is 7.83. The van der Waals surface area contributed by atoms with Gasteiger partial charge in [0.2, 0.25) is 5.91 Å². The average molecular weight is 357 g/mol. The molecule has 6 nitrogen and oxygen atoms in total. The van der Waals surface area contributed by atoms with Crippen LogP contribution in [0.15, 0.2) is 24.8 Å². The molecule has 3 heterocycles. The highest BCUT2D eigenvalue weighted by molar-refractivity contribution is 7.19. The predicted octanol–water partition coefficient (Wildman–Crippen LogP) is 3.34. The van der Waals surface area contributed by atoms with Crippen LogP contribution in [0.25, 0.3) is 10.6 Å². The van der Waals surface area contributed by atoms with Crippen molar-refractivity contribution in [3.8, 4) is 10.6 Å². The number of carbonyl (C=O) groups excluding carboxylic acids is 1. The molecule has 0 bridgehead atoms. The van der Waals surface area contributed by atoms with Crippen molar-refractivity contribution in [2.24, 2.45) is 0 Å². The number of hydrogen-bond acceptors (Lipinski definition) is 6. The predicted molar refractivity (Wildman–Crippen MR) is 98.4 cm³/mol. The SMILES string of the molecule is O=C(Nc1ncc(-c2cnccn2)s1)C1CCCCN1C1CCCC1. The molecule has 1 aliphatic carbocycles. The van der Waals surface area contributed by atoms with Crippen molar-refractivity contribution in [2.45, 2.75) is 57.0 Å². The Labute approximate surface area is 151 Å². The van der Waals surface area contributed by atoms with E-state index in [-0.39, 0.29) is 11.9 Å². The van der Waals surface area contributed by atoms with Gasteiger partial charge in [-0.25, -0.2) is 4.98 Å². The molecule has 1 atom stereocenters. The van der Waals surface area contributed by atoms with Crippen LogP contribution >= 0.6 is 11.3 Å². The Kier molecular flexibility index (Phi) is 5.03. The number of amides is 1. The summed E-state index contributed by atoms with van der Waals surface area (Å²) in [5.74, 6) is 0.0895. The number of thiazole rings is 1. The third kappa shape index (κ3) is 3.72. The molecule has 0 spiro atoms. The van der Waals surface area contributed by atoms with E-state index in [9.17, 15) is 4.79 Å². The summed E-state index contributed by atoms with van der Waals surface area (Å²) in [6, 6.07) is 0.572. The quantitative estimate of drug-likeness (QED) is 0.909. The normalized spacial score (nSPS) is 22.2. The van der Waals surface area contributed by atoms with Crippen LogP contribution < -0.4 is 5.32 Å². The number of aromatic nitrogens is 3. The van der Waals surface area contributed by atoms with Gasteiger partial charge in [0, 0.05) is 24.6 Å². The van der Waals surface area contributed by atoms with Gasteiger partial charge in [0.05, 0.1) is 17.1 Å². The zero-order chi connectivity index (χ0) is 17.1. The van der Waals surface area contributed by atoms with Gasteiger partial charge in [-0.2, -0.15) is 0 Å². The first-order valence-corrected chi connectivity index (χ1v) is 9.92. The Morgan fingerprint density at radius 3 is 2.72 bits per heavy atom. The maximum atomic E-state index is 12.9. The van der Waals surface area contributed by atoms with Gasteiger partial charge >= 0.3 is 0 Å². The van der Waals surface area contributed by atoms with Crippen molar-refractivity contribution < 1.29 is 4.79 Å². The van der Waals surface area contributed by atoms with E-state index in [0.717, 1.165) is 30.0 Å². The molecule has 1 unspecified atom stereocenters.